The fraction of sp³-hybridized carbons (Fsp3) is 0.333. The molecule has 3 nitrogen and oxygen atoms in total. The molecule has 0 spiro atoms. The van der Waals surface area contributed by atoms with Gasteiger partial charge in [-0.15, -0.1) is 0 Å². The maximum Gasteiger partial charge on any atom is 0.261 e. The van der Waals surface area contributed by atoms with Gasteiger partial charge in [0.25, 0.3) is 5.56 Å². The first-order valence-electron chi connectivity index (χ1n) is 5.23. The van der Waals surface area contributed by atoms with E-state index in [4.69, 9.17) is 0 Å². The van der Waals surface area contributed by atoms with Crippen LogP contribution in [0.5, 0.6) is 0 Å². The van der Waals surface area contributed by atoms with Gasteiger partial charge in [-0.2, -0.15) is 0 Å². The summed E-state index contributed by atoms with van der Waals surface area (Å²) in [5.41, 5.74) is 1.90. The summed E-state index contributed by atoms with van der Waals surface area (Å²) in [6.07, 6.45) is 0. The molecule has 0 radical (unpaired) electrons. The highest BCUT2D eigenvalue weighted by molar-refractivity contribution is 7.99. The summed E-state index contributed by atoms with van der Waals surface area (Å²) >= 11 is 1.59. The van der Waals surface area contributed by atoms with Crippen LogP contribution in [0.1, 0.15) is 12.5 Å². The van der Waals surface area contributed by atoms with Crippen molar-refractivity contribution in [1.29, 1.82) is 0 Å². The molecule has 2 rings (SSSR count). The molecule has 2 aromatic rings. The zero-order valence-electron chi connectivity index (χ0n) is 9.65. The average Bonchev–Trinajstić information content (AvgIpc) is 2.27. The number of thioether (sulfide) groups is 1. The molecule has 16 heavy (non-hydrogen) atoms. The summed E-state index contributed by atoms with van der Waals surface area (Å²) in [5, 5.41) is 1.48. The van der Waals surface area contributed by atoms with Crippen LogP contribution >= 0.6 is 11.8 Å². The van der Waals surface area contributed by atoms with Crippen molar-refractivity contribution in [3.05, 3.63) is 34.1 Å². The average molecular weight is 234 g/mol. The number of hydrogen-bond acceptors (Lipinski definition) is 3. The summed E-state index contributed by atoms with van der Waals surface area (Å²) in [5.74, 6) is 0.914. The van der Waals surface area contributed by atoms with E-state index in [0.717, 1.165) is 22.0 Å². The molecule has 0 amide bonds. The second-order valence-electron chi connectivity index (χ2n) is 3.71. The van der Waals surface area contributed by atoms with Crippen molar-refractivity contribution in [3.8, 4) is 0 Å². The van der Waals surface area contributed by atoms with Crippen LogP contribution < -0.4 is 5.56 Å². The van der Waals surface area contributed by atoms with Crippen LogP contribution in [0.2, 0.25) is 0 Å². The lowest BCUT2D eigenvalue weighted by Gasteiger charge is -2.07. The standard InChI is InChI=1S/C12H14N2OS/c1-4-16-12-13-10-6-5-8(2)7-9(10)11(15)14(12)3/h5-7H,4H2,1-3H3. The van der Waals surface area contributed by atoms with Crippen molar-refractivity contribution in [2.75, 3.05) is 5.75 Å². The van der Waals surface area contributed by atoms with E-state index in [1.807, 2.05) is 25.1 Å². The highest BCUT2D eigenvalue weighted by Crippen LogP contribution is 2.16. The van der Waals surface area contributed by atoms with Gasteiger partial charge in [-0.25, -0.2) is 4.98 Å². The Morgan fingerprint density at radius 2 is 2.19 bits per heavy atom. The Labute approximate surface area is 98.5 Å². The first-order chi connectivity index (χ1) is 7.63. The molecule has 0 aliphatic heterocycles. The van der Waals surface area contributed by atoms with Crippen molar-refractivity contribution in [2.45, 2.75) is 19.0 Å². The Kier molecular flexibility index (Phi) is 3.01. The fourth-order valence-corrected chi connectivity index (χ4v) is 2.32. The van der Waals surface area contributed by atoms with Crippen molar-refractivity contribution in [3.63, 3.8) is 0 Å². The summed E-state index contributed by atoms with van der Waals surface area (Å²) in [6, 6.07) is 5.78. The highest BCUT2D eigenvalue weighted by atomic mass is 32.2. The molecule has 0 saturated heterocycles. The number of aryl methyl sites for hydroxylation is 1. The Morgan fingerprint density at radius 3 is 2.88 bits per heavy atom. The van der Waals surface area contributed by atoms with Crippen LogP contribution in [0.25, 0.3) is 10.9 Å². The molecule has 1 aromatic heterocycles. The lowest BCUT2D eigenvalue weighted by molar-refractivity contribution is 0.726. The number of aromatic nitrogens is 2. The van der Waals surface area contributed by atoms with Crippen LogP contribution in [-0.4, -0.2) is 15.3 Å². The van der Waals surface area contributed by atoms with Crippen molar-refractivity contribution >= 4 is 22.7 Å². The van der Waals surface area contributed by atoms with E-state index in [1.165, 1.54) is 0 Å². The predicted molar refractivity (Wildman–Crippen MR) is 68.1 cm³/mol. The summed E-state index contributed by atoms with van der Waals surface area (Å²) in [4.78, 5) is 16.6. The molecule has 0 N–H and O–H groups in total. The molecule has 0 unspecified atom stereocenters. The van der Waals surface area contributed by atoms with E-state index < -0.39 is 0 Å². The third kappa shape index (κ3) is 1.85. The van der Waals surface area contributed by atoms with Crippen LogP contribution in [0.3, 0.4) is 0 Å². The molecule has 0 bridgehead atoms. The first kappa shape index (κ1) is 11.2. The van der Waals surface area contributed by atoms with E-state index in [9.17, 15) is 4.79 Å². The van der Waals surface area contributed by atoms with Gasteiger partial charge in [-0.05, 0) is 24.8 Å². The predicted octanol–water partition coefficient (Wildman–Crippen LogP) is 2.35. The summed E-state index contributed by atoms with van der Waals surface area (Å²) in [7, 11) is 1.77. The Hall–Kier alpha value is -1.29. The van der Waals surface area contributed by atoms with Gasteiger partial charge in [0.05, 0.1) is 10.9 Å². The SMILES string of the molecule is CCSc1nc2ccc(C)cc2c(=O)n1C. The molecule has 0 atom stereocenters. The molecule has 0 aliphatic carbocycles. The molecule has 1 aromatic carbocycles. The fourth-order valence-electron chi connectivity index (χ4n) is 1.62. The third-order valence-corrected chi connectivity index (χ3v) is 3.38. The lowest BCUT2D eigenvalue weighted by Crippen LogP contribution is -2.20. The zero-order chi connectivity index (χ0) is 11.7. The molecule has 0 saturated carbocycles. The molecule has 0 aliphatic rings. The summed E-state index contributed by atoms with van der Waals surface area (Å²) in [6.45, 7) is 4.03. The number of fused-ring (bicyclic) bond motifs is 1. The van der Waals surface area contributed by atoms with Gasteiger partial charge in [-0.3, -0.25) is 9.36 Å². The Balaban J connectivity index is 2.78. The maximum absolute atomic E-state index is 12.1. The van der Waals surface area contributed by atoms with Gasteiger partial charge in [-0.1, -0.05) is 30.3 Å². The first-order valence-corrected chi connectivity index (χ1v) is 6.22. The van der Waals surface area contributed by atoms with E-state index >= 15 is 0 Å². The van der Waals surface area contributed by atoms with Gasteiger partial charge in [0.2, 0.25) is 0 Å². The zero-order valence-corrected chi connectivity index (χ0v) is 10.5. The van der Waals surface area contributed by atoms with Gasteiger partial charge in [0, 0.05) is 7.05 Å². The minimum absolute atomic E-state index is 0.0321. The smallest absolute Gasteiger partial charge is 0.261 e. The minimum Gasteiger partial charge on any atom is -0.290 e. The number of benzene rings is 1. The highest BCUT2D eigenvalue weighted by Gasteiger charge is 2.07. The van der Waals surface area contributed by atoms with Gasteiger partial charge in [0.15, 0.2) is 5.16 Å². The Morgan fingerprint density at radius 1 is 1.44 bits per heavy atom. The monoisotopic (exact) mass is 234 g/mol. The maximum atomic E-state index is 12.1. The molecule has 0 fully saturated rings. The minimum atomic E-state index is 0.0321. The van der Waals surface area contributed by atoms with Crippen molar-refractivity contribution in [2.24, 2.45) is 7.05 Å². The molecule has 1 heterocycles. The van der Waals surface area contributed by atoms with Crippen LogP contribution in [-0.2, 0) is 7.05 Å². The number of nitrogens with zero attached hydrogens (tertiary/aromatic N) is 2. The van der Waals surface area contributed by atoms with Crippen molar-refractivity contribution in [1.82, 2.24) is 9.55 Å². The molecular weight excluding hydrogens is 220 g/mol. The summed E-state index contributed by atoms with van der Waals surface area (Å²) < 4.78 is 1.62. The Bertz CT molecular complexity index is 589. The van der Waals surface area contributed by atoms with E-state index in [-0.39, 0.29) is 5.56 Å². The van der Waals surface area contributed by atoms with Gasteiger partial charge < -0.3 is 0 Å². The van der Waals surface area contributed by atoms with Gasteiger partial charge in [0.1, 0.15) is 0 Å². The molecular formula is C12H14N2OS. The van der Waals surface area contributed by atoms with Crippen molar-refractivity contribution < 1.29 is 0 Å². The van der Waals surface area contributed by atoms with Crippen LogP contribution in [0, 0.1) is 6.92 Å². The lowest BCUT2D eigenvalue weighted by atomic mass is 10.2. The second kappa shape index (κ2) is 4.29. The normalized spacial score (nSPS) is 10.9. The van der Waals surface area contributed by atoms with Crippen LogP contribution in [0.4, 0.5) is 0 Å². The second-order valence-corrected chi connectivity index (χ2v) is 4.94. The number of rotatable bonds is 2. The largest absolute Gasteiger partial charge is 0.290 e. The topological polar surface area (TPSA) is 34.9 Å². The van der Waals surface area contributed by atoms with E-state index in [1.54, 1.807) is 23.4 Å². The third-order valence-electron chi connectivity index (χ3n) is 2.46. The molecule has 4 heteroatoms. The quantitative estimate of drug-likeness (QED) is 0.591. The van der Waals surface area contributed by atoms with E-state index in [2.05, 4.69) is 11.9 Å². The van der Waals surface area contributed by atoms with Gasteiger partial charge >= 0.3 is 0 Å². The number of hydrogen-bond donors (Lipinski definition) is 0. The van der Waals surface area contributed by atoms with Crippen LogP contribution in [0.15, 0.2) is 28.2 Å². The molecule has 84 valence electrons. The van der Waals surface area contributed by atoms with E-state index in [0.29, 0.717) is 5.39 Å².